The van der Waals surface area contributed by atoms with E-state index in [4.69, 9.17) is 0 Å². The van der Waals surface area contributed by atoms with Crippen molar-refractivity contribution < 1.29 is 9.59 Å². The third-order valence-electron chi connectivity index (χ3n) is 5.11. The summed E-state index contributed by atoms with van der Waals surface area (Å²) in [4.78, 5) is 31.2. The van der Waals surface area contributed by atoms with Gasteiger partial charge in [-0.2, -0.15) is 0 Å². The number of hydrogen-bond acceptors (Lipinski definition) is 3. The summed E-state index contributed by atoms with van der Waals surface area (Å²) in [5, 5.41) is 0. The first-order valence-corrected chi connectivity index (χ1v) is 9.28. The second kappa shape index (κ2) is 8.99. The van der Waals surface area contributed by atoms with E-state index in [2.05, 4.69) is 4.90 Å². The molecule has 0 bridgehead atoms. The monoisotopic (exact) mass is 345 g/mol. The van der Waals surface area contributed by atoms with Gasteiger partial charge in [0.25, 0.3) is 0 Å². The van der Waals surface area contributed by atoms with E-state index in [1.54, 1.807) is 4.90 Å². The van der Waals surface area contributed by atoms with Crippen LogP contribution in [0.15, 0.2) is 30.3 Å². The summed E-state index contributed by atoms with van der Waals surface area (Å²) < 4.78 is 0. The smallest absolute Gasteiger partial charge is 0.244 e. The van der Waals surface area contributed by atoms with Gasteiger partial charge in [-0.15, -0.1) is 0 Å². The van der Waals surface area contributed by atoms with Gasteiger partial charge in [-0.25, -0.2) is 0 Å². The molecule has 1 heterocycles. The molecule has 1 unspecified atom stereocenters. The summed E-state index contributed by atoms with van der Waals surface area (Å²) >= 11 is 0. The predicted molar refractivity (Wildman–Crippen MR) is 100 cm³/mol. The van der Waals surface area contributed by atoms with Crippen molar-refractivity contribution in [1.29, 1.82) is 0 Å². The predicted octanol–water partition coefficient (Wildman–Crippen LogP) is 2.40. The Bertz CT molecular complexity index is 562. The van der Waals surface area contributed by atoms with E-state index < -0.39 is 0 Å². The van der Waals surface area contributed by atoms with Crippen LogP contribution in [-0.4, -0.2) is 66.8 Å². The minimum absolute atomic E-state index is 0.0752. The van der Waals surface area contributed by atoms with Gasteiger partial charge in [0.1, 0.15) is 6.04 Å². The van der Waals surface area contributed by atoms with Gasteiger partial charge in [-0.3, -0.25) is 14.5 Å². The average Bonchev–Trinajstić information content (AvgIpc) is 2.64. The molecule has 1 aliphatic heterocycles. The van der Waals surface area contributed by atoms with Crippen LogP contribution in [0.4, 0.5) is 0 Å². The summed E-state index contributed by atoms with van der Waals surface area (Å²) in [7, 11) is 3.62. The molecule has 0 aliphatic carbocycles. The van der Waals surface area contributed by atoms with E-state index in [1.165, 1.54) is 0 Å². The number of amides is 2. The second-order valence-corrected chi connectivity index (χ2v) is 6.87. The van der Waals surface area contributed by atoms with E-state index in [0.29, 0.717) is 13.1 Å². The lowest BCUT2D eigenvalue weighted by Crippen LogP contribution is -2.47. The van der Waals surface area contributed by atoms with Gasteiger partial charge >= 0.3 is 0 Å². The van der Waals surface area contributed by atoms with Crippen LogP contribution in [0.2, 0.25) is 0 Å². The van der Waals surface area contributed by atoms with Gasteiger partial charge < -0.3 is 9.80 Å². The molecule has 25 heavy (non-hydrogen) atoms. The molecule has 0 spiro atoms. The largest absolute Gasteiger partial charge is 0.349 e. The summed E-state index contributed by atoms with van der Waals surface area (Å²) in [5.41, 5.74) is 1.04. The zero-order valence-corrected chi connectivity index (χ0v) is 15.9. The number of likely N-dealkylation sites (tertiary alicyclic amines) is 1. The van der Waals surface area contributed by atoms with E-state index in [-0.39, 0.29) is 23.8 Å². The molecule has 1 atom stereocenters. The summed E-state index contributed by atoms with van der Waals surface area (Å²) in [5.74, 6) is 0.436. The Morgan fingerprint density at radius 3 is 2.12 bits per heavy atom. The van der Waals surface area contributed by atoms with Gasteiger partial charge in [0.05, 0.1) is 0 Å². The van der Waals surface area contributed by atoms with Gasteiger partial charge in [-0.05, 0) is 45.3 Å². The molecule has 2 rings (SSSR count). The number of carbonyl (C=O) groups is 2. The average molecular weight is 345 g/mol. The fraction of sp³-hybridized carbons (Fsp3) is 0.600. The zero-order chi connectivity index (χ0) is 18.4. The highest BCUT2D eigenvalue weighted by molar-refractivity contribution is 5.83. The fourth-order valence-electron chi connectivity index (χ4n) is 3.62. The maximum Gasteiger partial charge on any atom is 0.244 e. The lowest BCUT2D eigenvalue weighted by Gasteiger charge is -2.39. The first kappa shape index (κ1) is 19.4. The molecule has 1 aromatic rings. The maximum absolute atomic E-state index is 13.1. The van der Waals surface area contributed by atoms with Crippen molar-refractivity contribution in [2.75, 3.05) is 40.3 Å². The van der Waals surface area contributed by atoms with Crippen LogP contribution < -0.4 is 0 Å². The molecule has 0 N–H and O–H groups in total. The normalized spacial score (nSPS) is 17.1. The Morgan fingerprint density at radius 1 is 1.08 bits per heavy atom. The van der Waals surface area contributed by atoms with Gasteiger partial charge in [0.15, 0.2) is 0 Å². The van der Waals surface area contributed by atoms with Crippen LogP contribution in [-0.2, 0) is 9.59 Å². The van der Waals surface area contributed by atoms with Crippen LogP contribution in [0.5, 0.6) is 0 Å². The van der Waals surface area contributed by atoms with Crippen molar-refractivity contribution in [3.05, 3.63) is 35.9 Å². The maximum atomic E-state index is 13.1. The third-order valence-corrected chi connectivity index (χ3v) is 5.11. The lowest BCUT2D eigenvalue weighted by molar-refractivity contribution is -0.139. The molecule has 5 nitrogen and oxygen atoms in total. The quantitative estimate of drug-likeness (QED) is 0.795. The zero-order valence-electron chi connectivity index (χ0n) is 15.9. The minimum atomic E-state index is -0.253. The number of benzene rings is 1. The SMILES string of the molecule is CCN(CC)C(=O)C(c1ccccc1)N1CCC(C(=O)N(C)C)CC1. The van der Waals surface area contributed by atoms with Crippen LogP contribution in [0.3, 0.4) is 0 Å². The highest BCUT2D eigenvalue weighted by Gasteiger charge is 2.34. The van der Waals surface area contributed by atoms with Crippen molar-refractivity contribution >= 4 is 11.8 Å². The number of piperidine rings is 1. The number of carbonyl (C=O) groups excluding carboxylic acids is 2. The number of nitrogens with zero attached hydrogens (tertiary/aromatic N) is 3. The number of hydrogen-bond donors (Lipinski definition) is 0. The van der Waals surface area contributed by atoms with Gasteiger partial charge in [-0.1, -0.05) is 30.3 Å². The molecule has 1 aliphatic rings. The molecule has 0 saturated carbocycles. The van der Waals surface area contributed by atoms with Crippen molar-refractivity contribution in [2.24, 2.45) is 5.92 Å². The van der Waals surface area contributed by atoms with Crippen molar-refractivity contribution in [3.8, 4) is 0 Å². The Morgan fingerprint density at radius 2 is 1.64 bits per heavy atom. The summed E-state index contributed by atoms with van der Waals surface area (Å²) in [6.45, 7) is 7.02. The minimum Gasteiger partial charge on any atom is -0.349 e. The molecule has 1 saturated heterocycles. The molecular weight excluding hydrogens is 314 g/mol. The molecule has 138 valence electrons. The molecule has 0 radical (unpaired) electrons. The molecule has 1 fully saturated rings. The highest BCUT2D eigenvalue weighted by Crippen LogP contribution is 2.29. The van der Waals surface area contributed by atoms with E-state index in [9.17, 15) is 9.59 Å². The van der Waals surface area contributed by atoms with Crippen LogP contribution in [0.1, 0.15) is 38.3 Å². The lowest BCUT2D eigenvalue weighted by atomic mass is 9.92. The van der Waals surface area contributed by atoms with Crippen LogP contribution in [0.25, 0.3) is 0 Å². The van der Waals surface area contributed by atoms with Crippen molar-refractivity contribution in [3.63, 3.8) is 0 Å². The number of rotatable bonds is 6. The highest BCUT2D eigenvalue weighted by atomic mass is 16.2. The topological polar surface area (TPSA) is 43.9 Å². The Labute approximate surface area is 151 Å². The summed E-state index contributed by atoms with van der Waals surface area (Å²) in [6.07, 6.45) is 1.62. The molecular formula is C20H31N3O2. The molecule has 1 aromatic carbocycles. The Balaban J connectivity index is 2.17. The van der Waals surface area contributed by atoms with Crippen molar-refractivity contribution in [1.82, 2.24) is 14.7 Å². The van der Waals surface area contributed by atoms with Crippen LogP contribution >= 0.6 is 0 Å². The third kappa shape index (κ3) is 4.60. The first-order valence-electron chi connectivity index (χ1n) is 9.28. The fourth-order valence-corrected chi connectivity index (χ4v) is 3.62. The standard InChI is InChI=1S/C20H31N3O2/c1-5-22(6-2)20(25)18(16-10-8-7-9-11-16)23-14-12-17(13-15-23)19(24)21(3)4/h7-11,17-18H,5-6,12-15H2,1-4H3. The number of likely N-dealkylation sites (N-methyl/N-ethyl adjacent to an activating group) is 1. The Kier molecular flexibility index (Phi) is 7.00. The molecule has 0 aromatic heterocycles. The molecule has 5 heteroatoms. The second-order valence-electron chi connectivity index (χ2n) is 6.87. The molecule has 2 amide bonds. The first-order chi connectivity index (χ1) is 12.0. The van der Waals surface area contributed by atoms with E-state index >= 15 is 0 Å². The summed E-state index contributed by atoms with van der Waals surface area (Å²) in [6, 6.07) is 9.76. The Hall–Kier alpha value is -1.88. The van der Waals surface area contributed by atoms with E-state index in [0.717, 1.165) is 31.5 Å². The van der Waals surface area contributed by atoms with Crippen molar-refractivity contribution in [2.45, 2.75) is 32.7 Å². The van der Waals surface area contributed by atoms with Crippen LogP contribution in [0, 0.1) is 5.92 Å². The van der Waals surface area contributed by atoms with E-state index in [1.807, 2.05) is 63.2 Å². The van der Waals surface area contributed by atoms with Gasteiger partial charge in [0, 0.05) is 33.1 Å². The van der Waals surface area contributed by atoms with Gasteiger partial charge in [0.2, 0.25) is 11.8 Å².